The van der Waals surface area contributed by atoms with Gasteiger partial charge in [-0.25, -0.2) is 13.1 Å². The van der Waals surface area contributed by atoms with E-state index in [1.165, 1.54) is 0 Å². The molecule has 2 rings (SSSR count). The zero-order valence-electron chi connectivity index (χ0n) is 10.9. The lowest BCUT2D eigenvalue weighted by molar-refractivity contribution is 0.557. The Morgan fingerprint density at radius 2 is 2.17 bits per heavy atom. The van der Waals surface area contributed by atoms with E-state index in [1.54, 1.807) is 12.3 Å². The summed E-state index contributed by atoms with van der Waals surface area (Å²) >= 11 is 0. The number of nitrogens with zero attached hydrogens (tertiary/aromatic N) is 1. The van der Waals surface area contributed by atoms with Gasteiger partial charge in [0.05, 0.1) is 4.90 Å². The first-order valence-corrected chi connectivity index (χ1v) is 7.81. The molecule has 0 radical (unpaired) electrons. The third-order valence-electron chi connectivity index (χ3n) is 3.33. The van der Waals surface area contributed by atoms with Crippen LogP contribution in [0.5, 0.6) is 0 Å². The number of sulfonamides is 1. The normalized spacial score (nSPS) is 17.9. The molecule has 1 saturated carbocycles. The molecule has 6 heteroatoms. The fourth-order valence-corrected chi connectivity index (χ4v) is 3.49. The lowest BCUT2D eigenvalue weighted by Gasteiger charge is -2.10. The molecular formula is C12H21N3O2S. The molecule has 0 bridgehead atoms. The van der Waals surface area contributed by atoms with Crippen LogP contribution < -0.4 is 10.5 Å². The van der Waals surface area contributed by atoms with Gasteiger partial charge in [-0.15, -0.1) is 0 Å². The average Bonchev–Trinajstić information content (AvgIpc) is 2.86. The lowest BCUT2D eigenvalue weighted by Crippen LogP contribution is -2.34. The van der Waals surface area contributed by atoms with E-state index in [9.17, 15) is 8.42 Å². The number of hydrogen-bond donors (Lipinski definition) is 2. The van der Waals surface area contributed by atoms with Gasteiger partial charge in [-0.3, -0.25) is 0 Å². The van der Waals surface area contributed by atoms with Gasteiger partial charge >= 0.3 is 0 Å². The first-order chi connectivity index (χ1) is 8.40. The molecule has 18 heavy (non-hydrogen) atoms. The Morgan fingerprint density at radius 1 is 1.50 bits per heavy atom. The maximum Gasteiger partial charge on any atom is 0.242 e. The van der Waals surface area contributed by atoms with Crippen molar-refractivity contribution in [2.24, 2.45) is 5.73 Å². The predicted molar refractivity (Wildman–Crippen MR) is 70.6 cm³/mol. The number of hydrogen-bond acceptors (Lipinski definition) is 3. The van der Waals surface area contributed by atoms with Crippen molar-refractivity contribution in [1.29, 1.82) is 0 Å². The molecule has 1 aromatic rings. The second kappa shape index (κ2) is 4.68. The molecule has 1 aliphatic carbocycles. The average molecular weight is 271 g/mol. The lowest BCUT2D eigenvalue weighted by atomic mass is 10.4. The van der Waals surface area contributed by atoms with E-state index in [0.717, 1.165) is 31.5 Å². The predicted octanol–water partition coefficient (Wildman–Crippen LogP) is 1.19. The highest BCUT2D eigenvalue weighted by Crippen LogP contribution is 2.36. The Bertz CT molecular complexity index is 530. The first-order valence-electron chi connectivity index (χ1n) is 6.33. The molecule has 0 atom stereocenters. The number of rotatable bonds is 6. The summed E-state index contributed by atoms with van der Waals surface area (Å²) in [6.07, 6.45) is 4.45. The van der Waals surface area contributed by atoms with Crippen molar-refractivity contribution >= 4 is 10.0 Å². The van der Waals surface area contributed by atoms with Crippen molar-refractivity contribution in [3.05, 3.63) is 18.0 Å². The highest BCUT2D eigenvalue weighted by molar-refractivity contribution is 7.89. The van der Waals surface area contributed by atoms with E-state index in [1.807, 2.05) is 11.5 Å². The van der Waals surface area contributed by atoms with E-state index in [4.69, 9.17) is 5.73 Å². The van der Waals surface area contributed by atoms with Crippen LogP contribution in [0.4, 0.5) is 0 Å². The fraction of sp³-hybridized carbons (Fsp3) is 0.667. The number of aryl methyl sites for hydroxylation is 1. The number of aromatic nitrogens is 1. The van der Waals surface area contributed by atoms with Gasteiger partial charge in [0.25, 0.3) is 0 Å². The second-order valence-corrected chi connectivity index (χ2v) is 6.91. The van der Waals surface area contributed by atoms with E-state index in [-0.39, 0.29) is 5.54 Å². The molecule has 1 fully saturated rings. The SMILES string of the molecule is CCCn1cc(S(=O)(=O)NC2(C)CC2)cc1CN. The summed E-state index contributed by atoms with van der Waals surface area (Å²) in [5, 5.41) is 0. The van der Waals surface area contributed by atoms with Gasteiger partial charge in [0.2, 0.25) is 10.0 Å². The largest absolute Gasteiger partial charge is 0.349 e. The molecule has 102 valence electrons. The van der Waals surface area contributed by atoms with Crippen LogP contribution >= 0.6 is 0 Å². The first kappa shape index (κ1) is 13.6. The van der Waals surface area contributed by atoms with E-state index in [0.29, 0.717) is 11.4 Å². The standard InChI is InChI=1S/C12H21N3O2S/c1-3-6-15-9-11(7-10(15)8-13)18(16,17)14-12(2)4-5-12/h7,9,14H,3-6,8,13H2,1-2H3. The van der Waals surface area contributed by atoms with Crippen LogP contribution in [0.15, 0.2) is 17.2 Å². The summed E-state index contributed by atoms with van der Waals surface area (Å²) in [4.78, 5) is 0.324. The molecule has 3 N–H and O–H groups in total. The maximum atomic E-state index is 12.2. The van der Waals surface area contributed by atoms with E-state index >= 15 is 0 Å². The van der Waals surface area contributed by atoms with Gasteiger partial charge in [-0.05, 0) is 32.3 Å². The van der Waals surface area contributed by atoms with E-state index < -0.39 is 10.0 Å². The summed E-state index contributed by atoms with van der Waals surface area (Å²) in [7, 11) is -3.41. The minimum Gasteiger partial charge on any atom is -0.349 e. The van der Waals surface area contributed by atoms with Crippen molar-refractivity contribution in [3.8, 4) is 0 Å². The van der Waals surface area contributed by atoms with Gasteiger partial charge < -0.3 is 10.3 Å². The highest BCUT2D eigenvalue weighted by atomic mass is 32.2. The van der Waals surface area contributed by atoms with Crippen molar-refractivity contribution in [3.63, 3.8) is 0 Å². The van der Waals surface area contributed by atoms with Crippen LogP contribution in [0, 0.1) is 0 Å². The number of nitrogens with one attached hydrogen (secondary N) is 1. The quantitative estimate of drug-likeness (QED) is 0.816. The molecular weight excluding hydrogens is 250 g/mol. The zero-order chi connectivity index (χ0) is 13.4. The minimum absolute atomic E-state index is 0.242. The molecule has 5 nitrogen and oxygen atoms in total. The van der Waals surface area contributed by atoms with Gasteiger partial charge in [0, 0.05) is 30.5 Å². The summed E-state index contributed by atoms with van der Waals surface area (Å²) in [5.74, 6) is 0. The van der Waals surface area contributed by atoms with Crippen LogP contribution in [0.2, 0.25) is 0 Å². The molecule has 0 unspecified atom stereocenters. The number of nitrogens with two attached hydrogens (primary N) is 1. The molecule has 1 aliphatic rings. The molecule has 0 amide bonds. The maximum absolute atomic E-state index is 12.2. The summed E-state index contributed by atoms with van der Waals surface area (Å²) in [6, 6.07) is 1.67. The summed E-state index contributed by atoms with van der Waals surface area (Å²) in [6.45, 7) is 5.13. The molecule has 0 aliphatic heterocycles. The molecule has 0 spiro atoms. The third-order valence-corrected chi connectivity index (χ3v) is 4.93. The Labute approximate surface area is 108 Å². The van der Waals surface area contributed by atoms with Crippen molar-refractivity contribution in [2.75, 3.05) is 0 Å². The molecule has 0 saturated heterocycles. The summed E-state index contributed by atoms with van der Waals surface area (Å²) in [5.41, 5.74) is 6.26. The second-order valence-electron chi connectivity index (χ2n) is 5.23. The minimum atomic E-state index is -3.41. The van der Waals surface area contributed by atoms with Gasteiger partial charge in [0.1, 0.15) is 0 Å². The van der Waals surface area contributed by atoms with Crippen LogP contribution in [-0.4, -0.2) is 18.5 Å². The Balaban J connectivity index is 2.27. The Kier molecular flexibility index (Phi) is 3.53. The zero-order valence-corrected chi connectivity index (χ0v) is 11.8. The van der Waals surface area contributed by atoms with Crippen molar-refractivity contribution in [2.45, 2.75) is 56.6 Å². The van der Waals surface area contributed by atoms with Crippen molar-refractivity contribution < 1.29 is 8.42 Å². The summed E-state index contributed by atoms with van der Waals surface area (Å²) < 4.78 is 29.1. The van der Waals surface area contributed by atoms with Crippen molar-refractivity contribution in [1.82, 2.24) is 9.29 Å². The third kappa shape index (κ3) is 2.76. The molecule has 1 heterocycles. The fourth-order valence-electron chi connectivity index (χ4n) is 1.97. The van der Waals surface area contributed by atoms with Gasteiger partial charge in [0.15, 0.2) is 0 Å². The van der Waals surface area contributed by atoms with Gasteiger partial charge in [-0.1, -0.05) is 6.92 Å². The monoisotopic (exact) mass is 271 g/mol. The smallest absolute Gasteiger partial charge is 0.242 e. The molecule has 0 aromatic carbocycles. The van der Waals surface area contributed by atoms with Crippen LogP contribution in [0.3, 0.4) is 0 Å². The topological polar surface area (TPSA) is 77.1 Å². The Morgan fingerprint density at radius 3 is 2.67 bits per heavy atom. The molecule has 1 aromatic heterocycles. The van der Waals surface area contributed by atoms with E-state index in [2.05, 4.69) is 11.6 Å². The van der Waals surface area contributed by atoms with Crippen LogP contribution in [-0.2, 0) is 23.1 Å². The van der Waals surface area contributed by atoms with Crippen LogP contribution in [0.1, 0.15) is 38.8 Å². The van der Waals surface area contributed by atoms with Crippen LogP contribution in [0.25, 0.3) is 0 Å². The van der Waals surface area contributed by atoms with Gasteiger partial charge in [-0.2, -0.15) is 0 Å². The Hall–Kier alpha value is -0.850. The highest BCUT2D eigenvalue weighted by Gasteiger charge is 2.41.